The Morgan fingerprint density at radius 1 is 1.17 bits per heavy atom. The molecule has 104 valence electrons. The molecule has 1 saturated carbocycles. The van der Waals surface area contributed by atoms with Gasteiger partial charge in [-0.15, -0.1) is 0 Å². The highest BCUT2D eigenvalue weighted by atomic mass is 16.6. The van der Waals surface area contributed by atoms with E-state index in [1.165, 1.54) is 0 Å². The number of carbonyl (C=O) groups excluding carboxylic acids is 1. The van der Waals surface area contributed by atoms with Crippen LogP contribution in [0.5, 0.6) is 0 Å². The Balaban J connectivity index is 1.74. The molecule has 0 spiro atoms. The first-order valence-electron chi connectivity index (χ1n) is 6.75. The number of nitrogens with zero attached hydrogens (tertiary/aromatic N) is 2. The summed E-state index contributed by atoms with van der Waals surface area (Å²) in [7, 11) is 0. The van der Waals surface area contributed by atoms with E-state index in [0.29, 0.717) is 6.04 Å². The third-order valence-electron chi connectivity index (χ3n) is 3.57. The smallest absolute Gasteiger partial charge is 0.410 e. The van der Waals surface area contributed by atoms with Crippen LogP contribution in [-0.2, 0) is 4.74 Å². The van der Waals surface area contributed by atoms with Crippen LogP contribution in [0.25, 0.3) is 0 Å². The van der Waals surface area contributed by atoms with Crippen LogP contribution in [0.2, 0.25) is 0 Å². The third kappa shape index (κ3) is 3.36. The fourth-order valence-corrected chi connectivity index (χ4v) is 2.45. The first kappa shape index (κ1) is 13.6. The van der Waals surface area contributed by atoms with Gasteiger partial charge in [0, 0.05) is 32.2 Å². The molecule has 1 saturated heterocycles. The van der Waals surface area contributed by atoms with Gasteiger partial charge in [-0.3, -0.25) is 4.90 Å². The van der Waals surface area contributed by atoms with Gasteiger partial charge in [0.25, 0.3) is 0 Å². The van der Waals surface area contributed by atoms with Crippen LogP contribution in [0.1, 0.15) is 33.6 Å². The molecule has 18 heavy (non-hydrogen) atoms. The number of amides is 1. The highest BCUT2D eigenvalue weighted by Crippen LogP contribution is 2.26. The van der Waals surface area contributed by atoms with Gasteiger partial charge in [0.2, 0.25) is 0 Å². The molecule has 1 aliphatic heterocycles. The molecule has 1 heterocycles. The van der Waals surface area contributed by atoms with Crippen molar-refractivity contribution in [3.05, 3.63) is 0 Å². The highest BCUT2D eigenvalue weighted by molar-refractivity contribution is 5.68. The molecule has 0 aromatic heterocycles. The van der Waals surface area contributed by atoms with Crippen molar-refractivity contribution in [2.24, 2.45) is 0 Å². The minimum atomic E-state index is -0.424. The van der Waals surface area contributed by atoms with Crippen LogP contribution in [0.4, 0.5) is 4.79 Å². The number of piperazine rings is 1. The number of carbonyl (C=O) groups is 1. The van der Waals surface area contributed by atoms with Crippen molar-refractivity contribution >= 4 is 6.09 Å². The Bertz CT molecular complexity index is 300. The summed E-state index contributed by atoms with van der Waals surface area (Å²) in [4.78, 5) is 16.0. The summed E-state index contributed by atoms with van der Waals surface area (Å²) in [6.07, 6.45) is 1.44. The predicted octanol–water partition coefficient (Wildman–Crippen LogP) is 1.06. The maximum Gasteiger partial charge on any atom is 0.410 e. The van der Waals surface area contributed by atoms with E-state index in [1.807, 2.05) is 20.8 Å². The molecule has 1 amide bonds. The topological polar surface area (TPSA) is 53.0 Å². The lowest BCUT2D eigenvalue weighted by molar-refractivity contribution is -0.0259. The lowest BCUT2D eigenvalue weighted by atomic mass is 9.88. The lowest BCUT2D eigenvalue weighted by Crippen LogP contribution is -2.56. The third-order valence-corrected chi connectivity index (χ3v) is 3.57. The second kappa shape index (κ2) is 5.05. The lowest BCUT2D eigenvalue weighted by Gasteiger charge is -2.44. The number of hydrogen-bond donors (Lipinski definition) is 1. The van der Waals surface area contributed by atoms with Gasteiger partial charge in [0.1, 0.15) is 5.60 Å². The minimum Gasteiger partial charge on any atom is -0.444 e. The quantitative estimate of drug-likeness (QED) is 0.762. The second-order valence-corrected chi connectivity index (χ2v) is 6.28. The van der Waals surface area contributed by atoms with E-state index in [0.717, 1.165) is 39.0 Å². The van der Waals surface area contributed by atoms with Crippen molar-refractivity contribution in [2.75, 3.05) is 26.2 Å². The predicted molar refractivity (Wildman–Crippen MR) is 68.4 cm³/mol. The average Bonchev–Trinajstić information content (AvgIpc) is 2.23. The molecule has 0 atom stereocenters. The number of ether oxygens (including phenoxy) is 1. The van der Waals surface area contributed by atoms with Gasteiger partial charge < -0.3 is 14.7 Å². The molecule has 0 aromatic rings. The largest absolute Gasteiger partial charge is 0.444 e. The zero-order valence-electron chi connectivity index (χ0n) is 11.6. The van der Waals surface area contributed by atoms with E-state index in [1.54, 1.807) is 4.90 Å². The first-order chi connectivity index (χ1) is 8.35. The standard InChI is InChI=1S/C13H24N2O3/c1-13(2,3)18-12(17)15-6-4-14(5-7-15)10-8-11(16)9-10/h10-11,16H,4-9H2,1-3H3. The van der Waals surface area contributed by atoms with E-state index in [-0.39, 0.29) is 12.2 Å². The van der Waals surface area contributed by atoms with Gasteiger partial charge in [-0.1, -0.05) is 0 Å². The molecule has 2 aliphatic rings. The van der Waals surface area contributed by atoms with Gasteiger partial charge in [0.05, 0.1) is 6.10 Å². The summed E-state index contributed by atoms with van der Waals surface area (Å²) in [5.41, 5.74) is -0.424. The van der Waals surface area contributed by atoms with Gasteiger partial charge >= 0.3 is 6.09 Å². The van der Waals surface area contributed by atoms with Crippen molar-refractivity contribution in [3.63, 3.8) is 0 Å². The molecular weight excluding hydrogens is 232 g/mol. The normalized spacial score (nSPS) is 29.9. The molecule has 5 nitrogen and oxygen atoms in total. The van der Waals surface area contributed by atoms with E-state index >= 15 is 0 Å². The summed E-state index contributed by atoms with van der Waals surface area (Å²) in [6, 6.07) is 0.515. The summed E-state index contributed by atoms with van der Waals surface area (Å²) in [6.45, 7) is 8.88. The van der Waals surface area contributed by atoms with E-state index < -0.39 is 5.60 Å². The summed E-state index contributed by atoms with van der Waals surface area (Å²) >= 11 is 0. The van der Waals surface area contributed by atoms with Gasteiger partial charge in [0.15, 0.2) is 0 Å². The van der Waals surface area contributed by atoms with Crippen LogP contribution in [-0.4, -0.2) is 64.9 Å². The maximum atomic E-state index is 11.9. The van der Waals surface area contributed by atoms with Gasteiger partial charge in [-0.2, -0.15) is 0 Å². The number of hydrogen-bond acceptors (Lipinski definition) is 4. The van der Waals surface area contributed by atoms with Crippen molar-refractivity contribution in [3.8, 4) is 0 Å². The van der Waals surface area contributed by atoms with Crippen molar-refractivity contribution < 1.29 is 14.6 Å². The zero-order chi connectivity index (χ0) is 13.3. The minimum absolute atomic E-state index is 0.112. The molecule has 5 heteroatoms. The van der Waals surface area contributed by atoms with Gasteiger partial charge in [-0.05, 0) is 33.6 Å². The Morgan fingerprint density at radius 2 is 1.72 bits per heavy atom. The van der Waals surface area contributed by atoms with Crippen LogP contribution in [0.3, 0.4) is 0 Å². The number of aliphatic hydroxyl groups excluding tert-OH is 1. The molecule has 0 bridgehead atoms. The molecular formula is C13H24N2O3. The molecule has 0 aromatic carbocycles. The molecule has 0 unspecified atom stereocenters. The van der Waals surface area contributed by atoms with Crippen molar-refractivity contribution in [2.45, 2.75) is 51.4 Å². The Morgan fingerprint density at radius 3 is 2.17 bits per heavy atom. The number of rotatable bonds is 1. The highest BCUT2D eigenvalue weighted by Gasteiger charge is 2.35. The van der Waals surface area contributed by atoms with Crippen molar-refractivity contribution in [1.82, 2.24) is 9.80 Å². The maximum absolute atomic E-state index is 11.9. The van der Waals surface area contributed by atoms with Crippen LogP contribution >= 0.6 is 0 Å². The summed E-state index contributed by atoms with van der Waals surface area (Å²) < 4.78 is 5.36. The fraction of sp³-hybridized carbons (Fsp3) is 0.923. The Labute approximate surface area is 109 Å². The second-order valence-electron chi connectivity index (χ2n) is 6.28. The Hall–Kier alpha value is -0.810. The Kier molecular flexibility index (Phi) is 3.82. The first-order valence-corrected chi connectivity index (χ1v) is 6.75. The van der Waals surface area contributed by atoms with E-state index in [9.17, 15) is 9.90 Å². The van der Waals surface area contributed by atoms with Crippen LogP contribution in [0.15, 0.2) is 0 Å². The van der Waals surface area contributed by atoms with Crippen molar-refractivity contribution in [1.29, 1.82) is 0 Å². The SMILES string of the molecule is CC(C)(C)OC(=O)N1CCN(C2CC(O)C2)CC1. The van der Waals surface area contributed by atoms with Crippen LogP contribution < -0.4 is 0 Å². The summed E-state index contributed by atoms with van der Waals surface area (Å²) in [5, 5.41) is 9.31. The zero-order valence-corrected chi connectivity index (χ0v) is 11.6. The molecule has 0 radical (unpaired) electrons. The molecule has 2 fully saturated rings. The van der Waals surface area contributed by atoms with E-state index in [4.69, 9.17) is 4.74 Å². The van der Waals surface area contributed by atoms with Crippen LogP contribution in [0, 0.1) is 0 Å². The van der Waals surface area contributed by atoms with E-state index in [2.05, 4.69) is 4.90 Å². The summed E-state index contributed by atoms with van der Waals surface area (Å²) in [5.74, 6) is 0. The molecule has 1 aliphatic carbocycles. The monoisotopic (exact) mass is 256 g/mol. The molecule has 2 rings (SSSR count). The molecule has 1 N–H and O–H groups in total. The van der Waals surface area contributed by atoms with Gasteiger partial charge in [-0.25, -0.2) is 4.79 Å². The average molecular weight is 256 g/mol. The number of aliphatic hydroxyl groups is 1. The fourth-order valence-electron chi connectivity index (χ4n) is 2.45.